The average molecular weight is 536 g/mol. The van der Waals surface area contributed by atoms with Gasteiger partial charge in [0, 0.05) is 45.3 Å². The van der Waals surface area contributed by atoms with Crippen molar-refractivity contribution in [2.45, 2.75) is 46.1 Å². The number of carbonyl (C=O) groups excluding carboxylic acids is 1. The van der Waals surface area contributed by atoms with Gasteiger partial charge in [-0.3, -0.25) is 19.6 Å². The number of nitrogens with one attached hydrogen (secondary N) is 2. The molecule has 0 saturated carbocycles. The van der Waals surface area contributed by atoms with E-state index in [9.17, 15) is 14.9 Å². The summed E-state index contributed by atoms with van der Waals surface area (Å²) in [6.45, 7) is 8.58. The normalized spacial score (nSPS) is 11.3. The monoisotopic (exact) mass is 535 g/mol. The Labute approximate surface area is 225 Å². The molecule has 0 bridgehead atoms. The molecule has 13 heteroatoms. The van der Waals surface area contributed by atoms with Gasteiger partial charge in [0.2, 0.25) is 17.6 Å². The van der Waals surface area contributed by atoms with Crippen LogP contribution in [0.15, 0.2) is 36.7 Å². The Morgan fingerprint density at radius 1 is 1.21 bits per heavy atom. The van der Waals surface area contributed by atoms with Crippen LogP contribution in [0.25, 0.3) is 5.65 Å². The van der Waals surface area contributed by atoms with Crippen LogP contribution in [0.3, 0.4) is 0 Å². The van der Waals surface area contributed by atoms with Gasteiger partial charge >= 0.3 is 5.69 Å². The van der Waals surface area contributed by atoms with E-state index in [0.717, 1.165) is 28.8 Å². The molecule has 0 atom stereocenters. The van der Waals surface area contributed by atoms with E-state index in [1.54, 1.807) is 11.6 Å². The summed E-state index contributed by atoms with van der Waals surface area (Å²) in [5.74, 6) is 0.855. The topological polar surface area (TPSA) is 154 Å². The van der Waals surface area contributed by atoms with Crippen molar-refractivity contribution in [3.8, 4) is 0 Å². The molecule has 0 unspecified atom stereocenters. The highest BCUT2D eigenvalue weighted by Crippen LogP contribution is 2.23. The number of nitro groups is 1. The summed E-state index contributed by atoms with van der Waals surface area (Å²) in [4.78, 5) is 32.8. The number of hydrogen-bond donors (Lipinski definition) is 2. The maximum Gasteiger partial charge on any atom is 0.318 e. The molecule has 0 fully saturated rings. The van der Waals surface area contributed by atoms with Crippen molar-refractivity contribution in [1.29, 1.82) is 0 Å². The largest absolute Gasteiger partial charge is 0.382 e. The molecule has 13 nitrogen and oxygen atoms in total. The first-order valence-electron chi connectivity index (χ1n) is 12.9. The van der Waals surface area contributed by atoms with E-state index >= 15 is 0 Å². The van der Waals surface area contributed by atoms with Crippen molar-refractivity contribution in [3.05, 3.63) is 69.2 Å². The van der Waals surface area contributed by atoms with Gasteiger partial charge in [0.1, 0.15) is 6.20 Å². The molecule has 4 aromatic rings. The van der Waals surface area contributed by atoms with Gasteiger partial charge in [-0.05, 0) is 30.4 Å². The van der Waals surface area contributed by atoms with Gasteiger partial charge in [-0.25, -0.2) is 0 Å². The van der Waals surface area contributed by atoms with E-state index in [2.05, 4.69) is 39.7 Å². The fourth-order valence-corrected chi connectivity index (χ4v) is 4.12. The predicted molar refractivity (Wildman–Crippen MR) is 146 cm³/mol. The Morgan fingerprint density at radius 2 is 2.00 bits per heavy atom. The first-order valence-corrected chi connectivity index (χ1v) is 12.9. The second-order valence-corrected chi connectivity index (χ2v) is 9.41. The molecule has 2 N–H and O–H groups in total. The summed E-state index contributed by atoms with van der Waals surface area (Å²) >= 11 is 0. The fourth-order valence-electron chi connectivity index (χ4n) is 4.12. The van der Waals surface area contributed by atoms with E-state index in [0.29, 0.717) is 38.2 Å². The van der Waals surface area contributed by atoms with Crippen LogP contribution in [0.2, 0.25) is 0 Å². The zero-order valence-electron chi connectivity index (χ0n) is 22.5. The second kappa shape index (κ2) is 12.4. The van der Waals surface area contributed by atoms with Gasteiger partial charge in [-0.1, -0.05) is 38.1 Å². The van der Waals surface area contributed by atoms with Gasteiger partial charge < -0.3 is 15.4 Å². The first kappa shape index (κ1) is 27.6. The van der Waals surface area contributed by atoms with Gasteiger partial charge in [0.15, 0.2) is 11.4 Å². The van der Waals surface area contributed by atoms with E-state index < -0.39 is 10.7 Å². The quantitative estimate of drug-likeness (QED) is 0.105. The Hall–Kier alpha value is -4.39. The van der Waals surface area contributed by atoms with Crippen molar-refractivity contribution < 1.29 is 14.5 Å². The zero-order chi connectivity index (χ0) is 27.9. The maximum atomic E-state index is 12.8. The summed E-state index contributed by atoms with van der Waals surface area (Å²) in [6.07, 6.45) is 3.87. The standard InChI is InChI=1S/C26H33N9O4/c1-5-39-11-7-10-27-25-30-24-20(17(2)3)15-29-34(24)26(31-25)28-14-19-9-6-8-18(12-19)13-22(36)23-21(35(37)38)16-33(4)32-23/h6,8-9,12,15-17H,5,7,10-11,13-14H2,1-4H3,(H2,27,28,30,31). The molecule has 3 heterocycles. The van der Waals surface area contributed by atoms with Crippen molar-refractivity contribution in [2.24, 2.45) is 7.05 Å². The van der Waals surface area contributed by atoms with Crippen LogP contribution < -0.4 is 10.6 Å². The zero-order valence-corrected chi connectivity index (χ0v) is 22.5. The lowest BCUT2D eigenvalue weighted by Crippen LogP contribution is -2.14. The van der Waals surface area contributed by atoms with Crippen LogP contribution in [0, 0.1) is 10.1 Å². The minimum absolute atomic E-state index is 0.00381. The van der Waals surface area contributed by atoms with Gasteiger partial charge in [-0.2, -0.15) is 24.7 Å². The average Bonchev–Trinajstić information content (AvgIpc) is 3.51. The highest BCUT2D eigenvalue weighted by molar-refractivity contribution is 5.99. The van der Waals surface area contributed by atoms with Crippen LogP contribution in [0.1, 0.15) is 60.3 Å². The minimum atomic E-state index is -0.592. The third-order valence-electron chi connectivity index (χ3n) is 6.05. The van der Waals surface area contributed by atoms with Gasteiger partial charge in [-0.15, -0.1) is 0 Å². The van der Waals surface area contributed by atoms with E-state index in [1.807, 2.05) is 37.4 Å². The van der Waals surface area contributed by atoms with E-state index in [1.165, 1.54) is 10.9 Å². The van der Waals surface area contributed by atoms with Crippen LogP contribution in [-0.4, -0.2) is 59.8 Å². The number of anilines is 2. The number of hydrogen-bond acceptors (Lipinski definition) is 10. The highest BCUT2D eigenvalue weighted by Gasteiger charge is 2.25. The Bertz CT molecular complexity index is 1460. The Balaban J connectivity index is 1.50. The number of carbonyl (C=O) groups is 1. The molecule has 0 amide bonds. The Morgan fingerprint density at radius 3 is 2.74 bits per heavy atom. The molecule has 0 radical (unpaired) electrons. The molecule has 39 heavy (non-hydrogen) atoms. The number of benzene rings is 1. The number of Topliss-reactive ketones (excluding diaryl/α,β-unsaturated/α-hetero) is 1. The third-order valence-corrected chi connectivity index (χ3v) is 6.05. The van der Waals surface area contributed by atoms with Crippen LogP contribution in [0.5, 0.6) is 0 Å². The first-order chi connectivity index (χ1) is 18.8. The van der Waals surface area contributed by atoms with Crippen LogP contribution >= 0.6 is 0 Å². The van der Waals surface area contributed by atoms with Crippen molar-refractivity contribution in [1.82, 2.24) is 29.4 Å². The molecule has 4 rings (SSSR count). The SMILES string of the molecule is CCOCCCNc1nc(NCc2cccc(CC(=O)c3nn(C)cc3[N+](=O)[O-])c2)n2ncc(C(C)C)c2n1. The number of nitrogens with zero attached hydrogens (tertiary/aromatic N) is 7. The molecule has 0 spiro atoms. The molecular formula is C26H33N9O4. The fraction of sp³-hybridized carbons (Fsp3) is 0.423. The molecular weight excluding hydrogens is 502 g/mol. The van der Waals surface area contributed by atoms with Crippen molar-refractivity contribution >= 4 is 29.0 Å². The summed E-state index contributed by atoms with van der Waals surface area (Å²) < 4.78 is 8.37. The van der Waals surface area contributed by atoms with Gasteiger partial charge in [0.25, 0.3) is 0 Å². The number of ether oxygens (including phenoxy) is 1. The van der Waals surface area contributed by atoms with Crippen molar-refractivity contribution in [3.63, 3.8) is 0 Å². The summed E-state index contributed by atoms with van der Waals surface area (Å²) in [7, 11) is 1.55. The van der Waals surface area contributed by atoms with Crippen molar-refractivity contribution in [2.75, 3.05) is 30.4 Å². The van der Waals surface area contributed by atoms with E-state index in [-0.39, 0.29) is 23.7 Å². The summed E-state index contributed by atoms with van der Waals surface area (Å²) in [5, 5.41) is 26.4. The third kappa shape index (κ3) is 6.74. The minimum Gasteiger partial charge on any atom is -0.382 e. The molecule has 1 aromatic carbocycles. The lowest BCUT2D eigenvalue weighted by molar-refractivity contribution is -0.385. The smallest absolute Gasteiger partial charge is 0.318 e. The second-order valence-electron chi connectivity index (χ2n) is 9.41. The maximum absolute atomic E-state index is 12.8. The van der Waals surface area contributed by atoms with Crippen LogP contribution in [-0.2, 0) is 24.8 Å². The lowest BCUT2D eigenvalue weighted by atomic mass is 10.0. The number of aryl methyl sites for hydroxylation is 1. The Kier molecular flexibility index (Phi) is 8.81. The molecule has 0 saturated heterocycles. The number of aromatic nitrogens is 6. The lowest BCUT2D eigenvalue weighted by Gasteiger charge is -2.12. The van der Waals surface area contributed by atoms with E-state index in [4.69, 9.17) is 9.72 Å². The van der Waals surface area contributed by atoms with Crippen LogP contribution in [0.4, 0.5) is 17.6 Å². The predicted octanol–water partition coefficient (Wildman–Crippen LogP) is 3.77. The summed E-state index contributed by atoms with van der Waals surface area (Å²) in [5.41, 5.74) is 2.94. The molecule has 0 aliphatic rings. The summed E-state index contributed by atoms with van der Waals surface area (Å²) in [6, 6.07) is 7.47. The van der Waals surface area contributed by atoms with Gasteiger partial charge in [0.05, 0.1) is 11.1 Å². The highest BCUT2D eigenvalue weighted by atomic mass is 16.6. The molecule has 206 valence electrons. The molecule has 0 aliphatic carbocycles. The number of fused-ring (bicyclic) bond motifs is 1. The molecule has 3 aromatic heterocycles. The number of ketones is 1. The number of rotatable bonds is 14. The molecule has 0 aliphatic heterocycles.